The summed E-state index contributed by atoms with van der Waals surface area (Å²) in [5.74, 6) is -0.203. The first-order chi connectivity index (χ1) is 10.5. The molecular formula is C13H16BrN3O4S. The summed E-state index contributed by atoms with van der Waals surface area (Å²) in [6.07, 6.45) is 0. The second kappa shape index (κ2) is 9.34. The number of thiocarbonyl (C=S) groups is 1. The zero-order valence-corrected chi connectivity index (χ0v) is 14.5. The lowest BCUT2D eigenvalue weighted by Crippen LogP contribution is -2.49. The molecule has 0 aliphatic carbocycles. The molecule has 0 aromatic heterocycles. The Hall–Kier alpha value is -1.71. The SMILES string of the molecule is CCOCC(=O)NNC(=S)NC(=O)c1ccc(OC)c(Br)c1. The third kappa shape index (κ3) is 5.96. The number of halogens is 1. The first-order valence-corrected chi connectivity index (χ1v) is 7.49. The fraction of sp³-hybridized carbons (Fsp3) is 0.308. The van der Waals surface area contributed by atoms with Crippen LogP contribution in [0.3, 0.4) is 0 Å². The number of rotatable bonds is 5. The summed E-state index contributed by atoms with van der Waals surface area (Å²) in [6.45, 7) is 2.12. The number of hydrazine groups is 1. The molecule has 9 heteroatoms. The van der Waals surface area contributed by atoms with Crippen LogP contribution in [0.1, 0.15) is 17.3 Å². The lowest BCUT2D eigenvalue weighted by Gasteiger charge is -2.11. The van der Waals surface area contributed by atoms with Gasteiger partial charge in [-0.25, -0.2) is 0 Å². The number of amides is 2. The maximum atomic E-state index is 12.0. The normalized spacial score (nSPS) is 9.77. The number of benzene rings is 1. The van der Waals surface area contributed by atoms with Gasteiger partial charge in [0.05, 0.1) is 11.6 Å². The second-order valence-electron chi connectivity index (χ2n) is 3.94. The molecule has 0 fully saturated rings. The van der Waals surface area contributed by atoms with Crippen molar-refractivity contribution in [2.24, 2.45) is 0 Å². The summed E-state index contributed by atoms with van der Waals surface area (Å²) in [7, 11) is 1.53. The quantitative estimate of drug-likeness (QED) is 0.516. The van der Waals surface area contributed by atoms with Crippen molar-refractivity contribution in [1.82, 2.24) is 16.2 Å². The van der Waals surface area contributed by atoms with Gasteiger partial charge in [0.1, 0.15) is 12.4 Å². The van der Waals surface area contributed by atoms with Crippen LogP contribution in [-0.4, -0.2) is 37.3 Å². The van der Waals surface area contributed by atoms with Crippen LogP contribution in [0.5, 0.6) is 5.75 Å². The Balaban J connectivity index is 2.49. The van der Waals surface area contributed by atoms with Crippen LogP contribution in [0.25, 0.3) is 0 Å². The van der Waals surface area contributed by atoms with Crippen LogP contribution < -0.4 is 20.9 Å². The van der Waals surface area contributed by atoms with E-state index in [4.69, 9.17) is 21.7 Å². The molecule has 0 heterocycles. The fourth-order valence-corrected chi connectivity index (χ4v) is 2.06. The standard InChI is InChI=1S/C13H16BrN3O4S/c1-3-21-7-11(18)16-17-13(22)15-12(19)8-4-5-10(20-2)9(14)6-8/h4-6H,3,7H2,1-2H3,(H,16,18)(H2,15,17,19,22). The number of ether oxygens (including phenoxy) is 2. The van der Waals surface area contributed by atoms with Gasteiger partial charge in [0, 0.05) is 12.2 Å². The molecule has 22 heavy (non-hydrogen) atoms. The summed E-state index contributed by atoms with van der Waals surface area (Å²) in [4.78, 5) is 23.3. The van der Waals surface area contributed by atoms with Gasteiger partial charge in [0.2, 0.25) is 0 Å². The van der Waals surface area contributed by atoms with Crippen molar-refractivity contribution in [3.63, 3.8) is 0 Å². The molecule has 0 spiro atoms. The largest absolute Gasteiger partial charge is 0.496 e. The highest BCUT2D eigenvalue weighted by Crippen LogP contribution is 2.25. The number of carbonyl (C=O) groups is 2. The van der Waals surface area contributed by atoms with E-state index in [1.165, 1.54) is 7.11 Å². The Labute approximate surface area is 141 Å². The Kier molecular flexibility index (Phi) is 7.78. The van der Waals surface area contributed by atoms with Crippen molar-refractivity contribution in [3.8, 4) is 5.75 Å². The van der Waals surface area contributed by atoms with E-state index < -0.39 is 11.8 Å². The van der Waals surface area contributed by atoms with E-state index in [2.05, 4.69) is 32.1 Å². The van der Waals surface area contributed by atoms with Gasteiger partial charge < -0.3 is 9.47 Å². The van der Waals surface area contributed by atoms with Gasteiger partial charge in [-0.1, -0.05) is 0 Å². The average molecular weight is 390 g/mol. The minimum atomic E-state index is -0.417. The van der Waals surface area contributed by atoms with E-state index in [9.17, 15) is 9.59 Å². The van der Waals surface area contributed by atoms with E-state index in [1.807, 2.05) is 0 Å². The second-order valence-corrected chi connectivity index (χ2v) is 5.21. The van der Waals surface area contributed by atoms with E-state index in [-0.39, 0.29) is 11.7 Å². The van der Waals surface area contributed by atoms with Crippen LogP contribution in [0.15, 0.2) is 22.7 Å². The highest BCUT2D eigenvalue weighted by molar-refractivity contribution is 9.10. The molecule has 1 aromatic carbocycles. The number of hydrogen-bond acceptors (Lipinski definition) is 5. The Morgan fingerprint density at radius 2 is 2.05 bits per heavy atom. The monoisotopic (exact) mass is 389 g/mol. The molecule has 0 aliphatic heterocycles. The maximum absolute atomic E-state index is 12.0. The lowest BCUT2D eigenvalue weighted by molar-refractivity contribution is -0.126. The molecule has 0 saturated carbocycles. The molecule has 0 saturated heterocycles. The van der Waals surface area contributed by atoms with Crippen LogP contribution in [0.4, 0.5) is 0 Å². The van der Waals surface area contributed by atoms with Gasteiger partial charge in [-0.15, -0.1) is 0 Å². The summed E-state index contributed by atoms with van der Waals surface area (Å²) in [6, 6.07) is 4.85. The van der Waals surface area contributed by atoms with Crippen LogP contribution >= 0.6 is 28.1 Å². The van der Waals surface area contributed by atoms with Gasteiger partial charge in [-0.2, -0.15) is 0 Å². The van der Waals surface area contributed by atoms with Crippen molar-refractivity contribution in [2.75, 3.05) is 20.3 Å². The van der Waals surface area contributed by atoms with Crippen molar-refractivity contribution >= 4 is 45.1 Å². The minimum Gasteiger partial charge on any atom is -0.496 e. The minimum absolute atomic E-state index is 0.0261. The van der Waals surface area contributed by atoms with E-state index in [0.717, 1.165) is 0 Å². The predicted octanol–water partition coefficient (Wildman–Crippen LogP) is 1.13. The first kappa shape index (κ1) is 18.3. The zero-order valence-electron chi connectivity index (χ0n) is 12.1. The molecule has 1 rings (SSSR count). The van der Waals surface area contributed by atoms with Crippen molar-refractivity contribution in [1.29, 1.82) is 0 Å². The Bertz CT molecular complexity index is 568. The van der Waals surface area contributed by atoms with Crippen LogP contribution in [-0.2, 0) is 9.53 Å². The van der Waals surface area contributed by atoms with Crippen molar-refractivity contribution in [2.45, 2.75) is 6.92 Å². The average Bonchev–Trinajstić information content (AvgIpc) is 2.50. The molecule has 0 bridgehead atoms. The molecule has 3 N–H and O–H groups in total. The van der Waals surface area contributed by atoms with Gasteiger partial charge >= 0.3 is 0 Å². The van der Waals surface area contributed by atoms with Crippen LogP contribution in [0, 0.1) is 0 Å². The molecule has 2 amide bonds. The van der Waals surface area contributed by atoms with Gasteiger partial charge in [0.25, 0.3) is 11.8 Å². The lowest BCUT2D eigenvalue weighted by atomic mass is 10.2. The fourth-order valence-electron chi connectivity index (χ4n) is 1.37. The zero-order chi connectivity index (χ0) is 16.5. The van der Waals surface area contributed by atoms with Crippen molar-refractivity contribution in [3.05, 3.63) is 28.2 Å². The summed E-state index contributed by atoms with van der Waals surface area (Å²) in [5.41, 5.74) is 5.10. The number of methoxy groups -OCH3 is 1. The molecule has 7 nitrogen and oxygen atoms in total. The maximum Gasteiger partial charge on any atom is 0.264 e. The first-order valence-electron chi connectivity index (χ1n) is 6.29. The van der Waals surface area contributed by atoms with Gasteiger partial charge in [-0.3, -0.25) is 25.8 Å². The molecule has 0 unspecified atom stereocenters. The molecule has 1 aromatic rings. The van der Waals surface area contributed by atoms with Gasteiger partial charge in [0.15, 0.2) is 5.11 Å². The molecule has 0 aliphatic rings. The summed E-state index contributed by atoms with van der Waals surface area (Å²) >= 11 is 8.20. The van der Waals surface area contributed by atoms with E-state index >= 15 is 0 Å². The molecule has 0 atom stereocenters. The third-order valence-electron chi connectivity index (χ3n) is 2.39. The number of nitrogens with one attached hydrogen (secondary N) is 3. The smallest absolute Gasteiger partial charge is 0.264 e. The topological polar surface area (TPSA) is 88.7 Å². The predicted molar refractivity (Wildman–Crippen MR) is 88.5 cm³/mol. The van der Waals surface area contributed by atoms with Crippen molar-refractivity contribution < 1.29 is 19.1 Å². The highest BCUT2D eigenvalue weighted by atomic mass is 79.9. The van der Waals surface area contributed by atoms with Crippen LogP contribution in [0.2, 0.25) is 0 Å². The summed E-state index contributed by atoms with van der Waals surface area (Å²) in [5, 5.41) is 2.41. The van der Waals surface area contributed by atoms with E-state index in [0.29, 0.717) is 22.4 Å². The molecule has 120 valence electrons. The molecular weight excluding hydrogens is 374 g/mol. The van der Waals surface area contributed by atoms with E-state index in [1.54, 1.807) is 25.1 Å². The number of hydrogen-bond donors (Lipinski definition) is 3. The highest BCUT2D eigenvalue weighted by Gasteiger charge is 2.11. The Morgan fingerprint density at radius 3 is 2.64 bits per heavy atom. The van der Waals surface area contributed by atoms with Gasteiger partial charge in [-0.05, 0) is 53.3 Å². The molecule has 0 radical (unpaired) electrons. The third-order valence-corrected chi connectivity index (χ3v) is 3.22. The summed E-state index contributed by atoms with van der Waals surface area (Å²) < 4.78 is 10.6. The Morgan fingerprint density at radius 1 is 1.32 bits per heavy atom. The number of carbonyl (C=O) groups excluding carboxylic acids is 2.